The first-order chi connectivity index (χ1) is 14.2. The molecule has 3 N–H and O–H groups in total. The van der Waals surface area contributed by atoms with Gasteiger partial charge in [0.25, 0.3) is 0 Å². The van der Waals surface area contributed by atoms with E-state index in [1.807, 2.05) is 23.0 Å². The molecule has 2 aromatic heterocycles. The number of allylic oxidation sites excluding steroid dienone is 2. The summed E-state index contributed by atoms with van der Waals surface area (Å²) in [6.45, 7) is 1.39. The van der Waals surface area contributed by atoms with Crippen molar-refractivity contribution in [2.75, 3.05) is 18.4 Å². The van der Waals surface area contributed by atoms with Gasteiger partial charge < -0.3 is 11.1 Å². The van der Waals surface area contributed by atoms with E-state index in [-0.39, 0.29) is 5.82 Å². The molecule has 0 aliphatic carbocycles. The second kappa shape index (κ2) is 8.71. The molecule has 0 radical (unpaired) electrons. The Bertz CT molecular complexity index is 1070. The van der Waals surface area contributed by atoms with E-state index in [1.165, 1.54) is 12.1 Å². The van der Waals surface area contributed by atoms with Gasteiger partial charge in [0.1, 0.15) is 17.3 Å². The Hall–Kier alpha value is -2.77. The third-order valence-electron chi connectivity index (χ3n) is 4.65. The van der Waals surface area contributed by atoms with Crippen molar-refractivity contribution >= 4 is 34.0 Å². The van der Waals surface area contributed by atoms with Gasteiger partial charge in [-0.1, -0.05) is 22.0 Å². The second-order valence-electron chi connectivity index (χ2n) is 6.74. The van der Waals surface area contributed by atoms with Gasteiger partial charge in [-0.2, -0.15) is 5.10 Å². The molecule has 0 saturated carbocycles. The monoisotopic (exact) mass is 453 g/mol. The number of rotatable bonds is 6. The maximum atomic E-state index is 13.5. The molecule has 1 aromatic carbocycles. The minimum absolute atomic E-state index is 0.270. The van der Waals surface area contributed by atoms with Crippen LogP contribution in [-0.4, -0.2) is 27.9 Å². The standard InChI is InChI=1S/C22H21BrFN5/c23-17-3-1-4-19-21(16-9-12-27-20(13-16)26-11-2-10-25)22(28-29(19)14-17)15-5-7-18(24)8-6-15/h1,4-9,12-14H,2-3,10-11,25H2,(H,26,27). The summed E-state index contributed by atoms with van der Waals surface area (Å²) in [5, 5.41) is 8.13. The molecule has 0 amide bonds. The average molecular weight is 454 g/mol. The van der Waals surface area contributed by atoms with Crippen molar-refractivity contribution in [2.45, 2.75) is 12.8 Å². The number of aromatic nitrogens is 3. The molecule has 1 aliphatic rings. The van der Waals surface area contributed by atoms with E-state index in [2.05, 4.69) is 38.4 Å². The summed E-state index contributed by atoms with van der Waals surface area (Å²) in [5.41, 5.74) is 10.2. The Morgan fingerprint density at radius 1 is 1.17 bits per heavy atom. The largest absolute Gasteiger partial charge is 0.370 e. The Morgan fingerprint density at radius 3 is 2.79 bits per heavy atom. The maximum Gasteiger partial charge on any atom is 0.126 e. The minimum Gasteiger partial charge on any atom is -0.370 e. The van der Waals surface area contributed by atoms with E-state index in [1.54, 1.807) is 18.3 Å². The van der Waals surface area contributed by atoms with Crippen molar-refractivity contribution < 1.29 is 4.39 Å². The molecule has 0 bridgehead atoms. The zero-order chi connectivity index (χ0) is 20.2. The summed E-state index contributed by atoms with van der Waals surface area (Å²) >= 11 is 3.58. The number of hydrogen-bond acceptors (Lipinski definition) is 4. The Morgan fingerprint density at radius 2 is 2.00 bits per heavy atom. The Labute approximate surface area is 177 Å². The fourth-order valence-corrected chi connectivity index (χ4v) is 3.65. The highest BCUT2D eigenvalue weighted by molar-refractivity contribution is 9.11. The SMILES string of the molecule is NCCCNc1cc(-c2c(-c3ccc(F)cc3)nn3c2C=CCC(Br)=C3)ccn1. The molecule has 148 valence electrons. The Kier molecular flexibility index (Phi) is 5.87. The molecule has 0 spiro atoms. The van der Waals surface area contributed by atoms with Crippen LogP contribution < -0.4 is 11.1 Å². The number of pyridine rings is 1. The Balaban J connectivity index is 1.85. The second-order valence-corrected chi connectivity index (χ2v) is 7.76. The fraction of sp³-hybridized carbons (Fsp3) is 0.182. The molecule has 4 rings (SSSR count). The van der Waals surface area contributed by atoms with Gasteiger partial charge in [-0.05, 0) is 67.4 Å². The van der Waals surface area contributed by atoms with Crippen LogP contribution in [0.1, 0.15) is 18.5 Å². The number of halogens is 2. The maximum absolute atomic E-state index is 13.5. The van der Waals surface area contributed by atoms with Gasteiger partial charge in [-0.15, -0.1) is 0 Å². The topological polar surface area (TPSA) is 68.8 Å². The number of nitrogens with one attached hydrogen (secondary N) is 1. The van der Waals surface area contributed by atoms with Crippen molar-refractivity contribution in [1.29, 1.82) is 0 Å². The number of hydrogen-bond donors (Lipinski definition) is 2. The van der Waals surface area contributed by atoms with E-state index < -0.39 is 0 Å². The summed E-state index contributed by atoms with van der Waals surface area (Å²) in [6.07, 6.45) is 9.59. The molecule has 7 heteroatoms. The van der Waals surface area contributed by atoms with E-state index in [4.69, 9.17) is 10.8 Å². The van der Waals surface area contributed by atoms with E-state index in [0.29, 0.717) is 6.54 Å². The van der Waals surface area contributed by atoms with Gasteiger partial charge in [0.2, 0.25) is 0 Å². The lowest BCUT2D eigenvalue weighted by Gasteiger charge is -2.09. The molecule has 0 unspecified atom stereocenters. The zero-order valence-electron chi connectivity index (χ0n) is 15.8. The minimum atomic E-state index is -0.270. The number of nitrogens with two attached hydrogens (primary N) is 1. The lowest BCUT2D eigenvalue weighted by molar-refractivity contribution is 0.628. The summed E-state index contributed by atoms with van der Waals surface area (Å²) in [5.74, 6) is 0.518. The molecule has 3 aromatic rings. The van der Waals surface area contributed by atoms with Crippen molar-refractivity contribution in [3.8, 4) is 22.4 Å². The van der Waals surface area contributed by atoms with E-state index >= 15 is 0 Å². The van der Waals surface area contributed by atoms with Crippen LogP contribution in [0.4, 0.5) is 10.2 Å². The molecule has 29 heavy (non-hydrogen) atoms. The third-order valence-corrected chi connectivity index (χ3v) is 5.18. The highest BCUT2D eigenvalue weighted by Crippen LogP contribution is 2.37. The zero-order valence-corrected chi connectivity index (χ0v) is 17.4. The molecule has 0 atom stereocenters. The normalized spacial score (nSPS) is 13.0. The summed E-state index contributed by atoms with van der Waals surface area (Å²) in [7, 11) is 0. The molecule has 5 nitrogen and oxygen atoms in total. The van der Waals surface area contributed by atoms with E-state index in [9.17, 15) is 4.39 Å². The average Bonchev–Trinajstić information content (AvgIpc) is 2.96. The summed E-state index contributed by atoms with van der Waals surface area (Å²) in [6, 6.07) is 10.4. The van der Waals surface area contributed by atoms with Crippen molar-refractivity contribution in [1.82, 2.24) is 14.8 Å². The smallest absolute Gasteiger partial charge is 0.126 e. The van der Waals surface area contributed by atoms with Crippen LogP contribution in [0.5, 0.6) is 0 Å². The van der Waals surface area contributed by atoms with Gasteiger partial charge in [-0.25, -0.2) is 14.1 Å². The van der Waals surface area contributed by atoms with Gasteiger partial charge in [-0.3, -0.25) is 0 Å². The van der Waals surface area contributed by atoms with Gasteiger partial charge in [0.05, 0.1) is 5.69 Å². The molecule has 3 heterocycles. The quantitative estimate of drug-likeness (QED) is 0.508. The highest BCUT2D eigenvalue weighted by atomic mass is 79.9. The van der Waals surface area contributed by atoms with Crippen LogP contribution in [0.25, 0.3) is 34.7 Å². The first-order valence-corrected chi connectivity index (χ1v) is 10.3. The summed E-state index contributed by atoms with van der Waals surface area (Å²) < 4.78 is 16.4. The number of anilines is 1. The molecular weight excluding hydrogens is 433 g/mol. The van der Waals surface area contributed by atoms with Crippen LogP contribution in [0.15, 0.2) is 53.2 Å². The molecule has 0 fully saturated rings. The van der Waals surface area contributed by atoms with Crippen LogP contribution in [0, 0.1) is 5.82 Å². The van der Waals surface area contributed by atoms with Crippen molar-refractivity contribution in [3.63, 3.8) is 0 Å². The number of fused-ring (bicyclic) bond motifs is 1. The van der Waals surface area contributed by atoms with E-state index in [0.717, 1.165) is 57.8 Å². The van der Waals surface area contributed by atoms with Crippen molar-refractivity contribution in [3.05, 3.63) is 64.7 Å². The lowest BCUT2D eigenvalue weighted by Crippen LogP contribution is -2.09. The first-order valence-electron chi connectivity index (χ1n) is 9.47. The molecular formula is C22H21BrFN5. The fourth-order valence-electron chi connectivity index (χ4n) is 3.27. The van der Waals surface area contributed by atoms with Crippen LogP contribution in [0.2, 0.25) is 0 Å². The number of benzene rings is 1. The van der Waals surface area contributed by atoms with Gasteiger partial charge in [0.15, 0.2) is 0 Å². The number of nitrogens with zero attached hydrogens (tertiary/aromatic N) is 3. The van der Waals surface area contributed by atoms with Crippen LogP contribution in [-0.2, 0) is 0 Å². The highest BCUT2D eigenvalue weighted by Gasteiger charge is 2.20. The first kappa shape index (κ1) is 19.5. The molecule has 0 saturated heterocycles. The van der Waals surface area contributed by atoms with Gasteiger partial charge >= 0.3 is 0 Å². The van der Waals surface area contributed by atoms with Crippen LogP contribution in [0.3, 0.4) is 0 Å². The van der Waals surface area contributed by atoms with Crippen molar-refractivity contribution in [2.24, 2.45) is 5.73 Å². The van der Waals surface area contributed by atoms with Gasteiger partial charge in [0, 0.05) is 34.6 Å². The predicted molar refractivity (Wildman–Crippen MR) is 120 cm³/mol. The predicted octanol–water partition coefficient (Wildman–Crippen LogP) is 5.12. The summed E-state index contributed by atoms with van der Waals surface area (Å²) in [4.78, 5) is 4.41. The lowest BCUT2D eigenvalue weighted by atomic mass is 9.99. The molecule has 1 aliphatic heterocycles. The third kappa shape index (κ3) is 4.31. The van der Waals surface area contributed by atoms with Crippen LogP contribution >= 0.6 is 15.9 Å².